The van der Waals surface area contributed by atoms with Crippen molar-refractivity contribution in [2.24, 2.45) is 0 Å². The Morgan fingerprint density at radius 3 is 1.73 bits per heavy atom. The molecule has 2 aromatic rings. The van der Waals surface area contributed by atoms with Crippen LogP contribution in [0, 0.1) is 0 Å². The van der Waals surface area contributed by atoms with Crippen LogP contribution in [0.1, 0.15) is 0 Å². The first kappa shape index (κ1) is 11.1. The van der Waals surface area contributed by atoms with Crippen molar-refractivity contribution in [2.45, 2.75) is 0 Å². The molecule has 0 nitrogen and oxygen atoms in total. The summed E-state index contributed by atoms with van der Waals surface area (Å²) in [6, 6.07) is 18.4. The van der Waals surface area contributed by atoms with Crippen LogP contribution in [0.5, 0.6) is 0 Å². The van der Waals surface area contributed by atoms with Crippen molar-refractivity contribution in [2.75, 3.05) is 0 Å². The molecule has 0 unspecified atom stereocenters. The Bertz CT molecular complexity index is 423. The first-order valence-corrected chi connectivity index (χ1v) is 10.4. The summed E-state index contributed by atoms with van der Waals surface area (Å²) in [6.45, 7) is 0. The van der Waals surface area contributed by atoms with Crippen molar-refractivity contribution in [3.63, 3.8) is 0 Å². The second-order valence-corrected chi connectivity index (χ2v) is 9.62. The Morgan fingerprint density at radius 1 is 0.667 bits per heavy atom. The van der Waals surface area contributed by atoms with Gasteiger partial charge in [-0.05, 0) is 0 Å². The Kier molecular flexibility index (Phi) is 3.75. The molecule has 76 valence electrons. The molecule has 15 heavy (non-hydrogen) atoms. The molecule has 0 amide bonds. The van der Waals surface area contributed by atoms with E-state index in [-0.39, 0.29) is 0 Å². The number of benzene rings is 2. The zero-order chi connectivity index (χ0) is 10.7. The summed E-state index contributed by atoms with van der Waals surface area (Å²) in [5.41, 5.74) is 2.41. The van der Waals surface area contributed by atoms with Crippen LogP contribution < -0.4 is 4.35 Å². The summed E-state index contributed by atoms with van der Waals surface area (Å²) in [5.74, 6) is 0. The zero-order valence-corrected chi connectivity index (χ0v) is 11.3. The minimum absolute atomic E-state index is 1.07. The molecule has 3 heteroatoms. The van der Waals surface area contributed by atoms with E-state index in [0.29, 0.717) is 0 Å². The van der Waals surface area contributed by atoms with E-state index in [1.807, 2.05) is 30.3 Å². The Labute approximate surface area is 102 Å². The first-order chi connectivity index (χ1) is 7.27. The van der Waals surface area contributed by atoms with Gasteiger partial charge in [0.25, 0.3) is 0 Å². The fraction of sp³-hybridized carbons (Fsp3) is 0. The predicted molar refractivity (Wildman–Crippen MR) is 69.0 cm³/mol. The molecule has 2 aromatic carbocycles. The van der Waals surface area contributed by atoms with E-state index < -0.39 is 12.8 Å². The molecular formula is C12H9AsCl2. The molecule has 0 radical (unpaired) electrons. The topological polar surface area (TPSA) is 0 Å². The van der Waals surface area contributed by atoms with Crippen LogP contribution in [0.3, 0.4) is 0 Å². The Balaban J connectivity index is 2.32. The second-order valence-electron chi connectivity index (χ2n) is 3.15. The number of halogens is 2. The average molecular weight is 299 g/mol. The van der Waals surface area contributed by atoms with E-state index in [4.69, 9.17) is 19.9 Å². The SMILES string of the molecule is Cl[As](Cl)c1ccc(-c2ccccc2)cc1. The average Bonchev–Trinajstić information content (AvgIpc) is 2.30. The number of hydrogen-bond donors (Lipinski definition) is 0. The molecule has 0 saturated heterocycles. The van der Waals surface area contributed by atoms with E-state index >= 15 is 0 Å². The summed E-state index contributed by atoms with van der Waals surface area (Å²) < 4.78 is 1.07. The summed E-state index contributed by atoms with van der Waals surface area (Å²) >= 11 is -1.76. The van der Waals surface area contributed by atoms with Gasteiger partial charge in [0.15, 0.2) is 0 Å². The molecule has 0 aromatic heterocycles. The molecule has 2 rings (SSSR count). The van der Waals surface area contributed by atoms with E-state index in [1.165, 1.54) is 11.1 Å². The van der Waals surface area contributed by atoms with Gasteiger partial charge in [-0.15, -0.1) is 0 Å². The third-order valence-corrected chi connectivity index (χ3v) is 5.64. The third-order valence-electron chi connectivity index (χ3n) is 2.17. The van der Waals surface area contributed by atoms with Crippen LogP contribution in [-0.2, 0) is 0 Å². The quantitative estimate of drug-likeness (QED) is 0.744. The standard InChI is InChI=1S/C12H9AsCl2/c14-13(15)12-8-6-11(7-9-12)10-4-2-1-3-5-10/h1-9H. The van der Waals surface area contributed by atoms with Gasteiger partial charge in [0.2, 0.25) is 0 Å². The van der Waals surface area contributed by atoms with Crippen molar-refractivity contribution in [3.05, 3.63) is 54.6 Å². The molecule has 0 aliphatic heterocycles. The van der Waals surface area contributed by atoms with Crippen LogP contribution in [0.15, 0.2) is 54.6 Å². The number of hydrogen-bond acceptors (Lipinski definition) is 0. The molecule has 0 atom stereocenters. The minimum atomic E-state index is -1.76. The molecule has 0 fully saturated rings. The molecule has 0 saturated carbocycles. The maximum atomic E-state index is 5.91. The summed E-state index contributed by atoms with van der Waals surface area (Å²) in [7, 11) is 11.8. The normalized spacial score (nSPS) is 10.6. The molecule has 0 aliphatic carbocycles. The van der Waals surface area contributed by atoms with E-state index in [0.717, 1.165) is 4.35 Å². The van der Waals surface area contributed by atoms with Gasteiger partial charge in [0.1, 0.15) is 0 Å². The first-order valence-electron chi connectivity index (χ1n) is 4.54. The van der Waals surface area contributed by atoms with Crippen LogP contribution in [0.2, 0.25) is 0 Å². The summed E-state index contributed by atoms with van der Waals surface area (Å²) in [6.07, 6.45) is 0. The monoisotopic (exact) mass is 298 g/mol. The predicted octanol–water partition coefficient (Wildman–Crippen LogP) is 3.53. The summed E-state index contributed by atoms with van der Waals surface area (Å²) in [5, 5.41) is 0. The van der Waals surface area contributed by atoms with Crippen molar-refractivity contribution in [3.8, 4) is 11.1 Å². The second kappa shape index (κ2) is 5.07. The van der Waals surface area contributed by atoms with Gasteiger partial charge in [-0.3, -0.25) is 0 Å². The molecule has 0 bridgehead atoms. The van der Waals surface area contributed by atoms with Gasteiger partial charge in [0, 0.05) is 0 Å². The van der Waals surface area contributed by atoms with Gasteiger partial charge < -0.3 is 0 Å². The maximum absolute atomic E-state index is 5.91. The number of rotatable bonds is 2. The molecule has 0 aliphatic rings. The fourth-order valence-electron chi connectivity index (χ4n) is 1.40. The van der Waals surface area contributed by atoms with Crippen LogP contribution in [0.25, 0.3) is 11.1 Å². The fourth-order valence-corrected chi connectivity index (χ4v) is 3.35. The Morgan fingerprint density at radius 2 is 1.20 bits per heavy atom. The van der Waals surface area contributed by atoms with Crippen LogP contribution in [0.4, 0.5) is 0 Å². The van der Waals surface area contributed by atoms with Crippen molar-refractivity contribution in [1.29, 1.82) is 0 Å². The van der Waals surface area contributed by atoms with Crippen LogP contribution >= 0.6 is 19.9 Å². The molecule has 0 spiro atoms. The van der Waals surface area contributed by atoms with Gasteiger partial charge in [-0.25, -0.2) is 0 Å². The van der Waals surface area contributed by atoms with E-state index in [9.17, 15) is 0 Å². The zero-order valence-electron chi connectivity index (χ0n) is 7.90. The Hall–Kier alpha value is -0.422. The van der Waals surface area contributed by atoms with Gasteiger partial charge in [-0.2, -0.15) is 0 Å². The molecular weight excluding hydrogens is 290 g/mol. The van der Waals surface area contributed by atoms with Crippen molar-refractivity contribution < 1.29 is 0 Å². The van der Waals surface area contributed by atoms with Crippen LogP contribution in [-0.4, -0.2) is 12.8 Å². The van der Waals surface area contributed by atoms with Crippen molar-refractivity contribution >= 4 is 37.0 Å². The van der Waals surface area contributed by atoms with Gasteiger partial charge in [-0.1, -0.05) is 0 Å². The summed E-state index contributed by atoms with van der Waals surface area (Å²) in [4.78, 5) is 0. The third kappa shape index (κ3) is 2.78. The molecule has 0 heterocycles. The van der Waals surface area contributed by atoms with E-state index in [2.05, 4.69) is 24.3 Å². The van der Waals surface area contributed by atoms with E-state index in [1.54, 1.807) is 0 Å². The van der Waals surface area contributed by atoms with Crippen molar-refractivity contribution in [1.82, 2.24) is 0 Å². The van der Waals surface area contributed by atoms with Gasteiger partial charge >= 0.3 is 103 Å². The van der Waals surface area contributed by atoms with Gasteiger partial charge in [0.05, 0.1) is 0 Å². The molecule has 0 N–H and O–H groups in total.